The van der Waals surface area contributed by atoms with E-state index < -0.39 is 0 Å². The van der Waals surface area contributed by atoms with Gasteiger partial charge in [0.1, 0.15) is 11.4 Å². The molecule has 0 saturated carbocycles. The first-order valence-corrected chi connectivity index (χ1v) is 11.2. The van der Waals surface area contributed by atoms with Crippen LogP contribution in [0.1, 0.15) is 29.2 Å². The van der Waals surface area contributed by atoms with Crippen LogP contribution in [-0.2, 0) is 16.0 Å². The second-order valence-corrected chi connectivity index (χ2v) is 8.15. The van der Waals surface area contributed by atoms with Crippen molar-refractivity contribution in [1.82, 2.24) is 4.90 Å². The molecule has 1 N–H and O–H groups in total. The van der Waals surface area contributed by atoms with Gasteiger partial charge in [-0.2, -0.15) is 0 Å². The van der Waals surface area contributed by atoms with E-state index in [0.717, 1.165) is 28.1 Å². The number of aryl methyl sites for hydroxylation is 2. The molecule has 5 heteroatoms. The number of nitrogens with zero attached hydrogens (tertiary/aromatic N) is 1. The van der Waals surface area contributed by atoms with Gasteiger partial charge in [-0.1, -0.05) is 54.6 Å². The predicted octanol–water partition coefficient (Wildman–Crippen LogP) is 5.14. The Hall–Kier alpha value is -3.86. The molecule has 5 nitrogen and oxygen atoms in total. The molecule has 0 bridgehead atoms. The summed E-state index contributed by atoms with van der Waals surface area (Å²) in [4.78, 5) is 28.3. The van der Waals surface area contributed by atoms with Crippen molar-refractivity contribution in [2.75, 3.05) is 18.5 Å². The third-order valence-electron chi connectivity index (χ3n) is 5.74. The lowest BCUT2D eigenvalue weighted by molar-refractivity contribution is -0.136. The number of carbonyl (C=O) groups is 2. The zero-order chi connectivity index (χ0) is 23.4. The lowest BCUT2D eigenvalue weighted by Gasteiger charge is -2.16. The molecule has 0 unspecified atom stereocenters. The molecule has 0 spiro atoms. The van der Waals surface area contributed by atoms with E-state index in [1.165, 1.54) is 4.90 Å². The number of rotatable bonds is 8. The molecule has 2 amide bonds. The van der Waals surface area contributed by atoms with Crippen LogP contribution in [0.5, 0.6) is 5.75 Å². The minimum atomic E-state index is -0.305. The molecule has 168 valence electrons. The average Bonchev–Trinajstić information content (AvgIpc) is 3.05. The Kier molecular flexibility index (Phi) is 6.59. The summed E-state index contributed by atoms with van der Waals surface area (Å²) in [6.07, 6.45) is 0.603. The summed E-state index contributed by atoms with van der Waals surface area (Å²) in [7, 11) is 0. The van der Waals surface area contributed by atoms with E-state index in [1.807, 2.05) is 93.6 Å². The van der Waals surface area contributed by atoms with Crippen LogP contribution in [0.3, 0.4) is 0 Å². The van der Waals surface area contributed by atoms with Crippen molar-refractivity contribution in [2.45, 2.75) is 27.2 Å². The highest BCUT2D eigenvalue weighted by Gasteiger charge is 2.39. The van der Waals surface area contributed by atoms with Crippen LogP contribution in [0.15, 0.2) is 78.5 Å². The molecule has 3 aromatic carbocycles. The van der Waals surface area contributed by atoms with Crippen molar-refractivity contribution in [3.63, 3.8) is 0 Å². The van der Waals surface area contributed by atoms with Crippen LogP contribution in [0.25, 0.3) is 5.57 Å². The largest absolute Gasteiger partial charge is 0.494 e. The Balaban J connectivity index is 1.69. The van der Waals surface area contributed by atoms with E-state index in [4.69, 9.17) is 4.74 Å². The second-order valence-electron chi connectivity index (χ2n) is 8.15. The van der Waals surface area contributed by atoms with E-state index in [-0.39, 0.29) is 11.8 Å². The van der Waals surface area contributed by atoms with Crippen molar-refractivity contribution in [2.24, 2.45) is 0 Å². The Morgan fingerprint density at radius 3 is 2.30 bits per heavy atom. The first kappa shape index (κ1) is 22.3. The number of ether oxygens (including phenoxy) is 1. The van der Waals surface area contributed by atoms with E-state index in [1.54, 1.807) is 0 Å². The van der Waals surface area contributed by atoms with E-state index in [0.29, 0.717) is 36.4 Å². The highest BCUT2D eigenvalue weighted by molar-refractivity contribution is 6.36. The predicted molar refractivity (Wildman–Crippen MR) is 131 cm³/mol. The fourth-order valence-corrected chi connectivity index (χ4v) is 3.94. The lowest BCUT2D eigenvalue weighted by Crippen LogP contribution is -2.34. The van der Waals surface area contributed by atoms with Gasteiger partial charge in [-0.3, -0.25) is 14.5 Å². The minimum absolute atomic E-state index is 0.284. The molecule has 3 aromatic rings. The van der Waals surface area contributed by atoms with Gasteiger partial charge in [0.05, 0.1) is 12.2 Å². The van der Waals surface area contributed by atoms with Gasteiger partial charge in [0.25, 0.3) is 11.8 Å². The van der Waals surface area contributed by atoms with Gasteiger partial charge in [0.2, 0.25) is 0 Å². The van der Waals surface area contributed by atoms with E-state index >= 15 is 0 Å². The molecule has 33 heavy (non-hydrogen) atoms. The zero-order valence-electron chi connectivity index (χ0n) is 19.2. The number of benzene rings is 3. The summed E-state index contributed by atoms with van der Waals surface area (Å²) in [5.41, 5.74) is 5.36. The number of hydrogen-bond acceptors (Lipinski definition) is 4. The fourth-order valence-electron chi connectivity index (χ4n) is 3.94. The van der Waals surface area contributed by atoms with Gasteiger partial charge in [-0.25, -0.2) is 0 Å². The molecule has 1 aliphatic rings. The Morgan fingerprint density at radius 2 is 1.61 bits per heavy atom. The molecule has 0 radical (unpaired) electrons. The Morgan fingerprint density at radius 1 is 0.879 bits per heavy atom. The van der Waals surface area contributed by atoms with Gasteiger partial charge in [-0.15, -0.1) is 0 Å². The van der Waals surface area contributed by atoms with Gasteiger partial charge >= 0.3 is 0 Å². The first-order valence-electron chi connectivity index (χ1n) is 11.2. The van der Waals surface area contributed by atoms with Crippen LogP contribution in [0.2, 0.25) is 0 Å². The maximum absolute atomic E-state index is 13.5. The molecule has 0 aromatic heterocycles. The minimum Gasteiger partial charge on any atom is -0.494 e. The summed E-state index contributed by atoms with van der Waals surface area (Å²) in [6, 6.07) is 23.2. The zero-order valence-corrected chi connectivity index (χ0v) is 19.2. The number of amides is 2. The number of imide groups is 1. The summed E-state index contributed by atoms with van der Waals surface area (Å²) in [5.74, 6) is 0.136. The number of anilines is 1. The number of carbonyl (C=O) groups excluding carboxylic acids is 2. The first-order chi connectivity index (χ1) is 16.0. The molecule has 0 saturated heterocycles. The van der Waals surface area contributed by atoms with Crippen molar-refractivity contribution in [3.05, 3.63) is 101 Å². The summed E-state index contributed by atoms with van der Waals surface area (Å²) in [6.45, 7) is 6.78. The molecule has 4 rings (SSSR count). The molecular formula is C28H28N2O3. The summed E-state index contributed by atoms with van der Waals surface area (Å²) >= 11 is 0. The molecule has 1 heterocycles. The molecular weight excluding hydrogens is 412 g/mol. The van der Waals surface area contributed by atoms with Gasteiger partial charge < -0.3 is 10.1 Å². The van der Waals surface area contributed by atoms with Crippen molar-refractivity contribution in [1.29, 1.82) is 0 Å². The van der Waals surface area contributed by atoms with E-state index in [9.17, 15) is 9.59 Å². The standard InChI is InChI=1S/C28H28N2O3/c1-4-33-23-14-12-22(13-15-23)25-26(29-24-18-19(2)10-11-20(24)3)28(32)30(27(25)31)17-16-21-8-6-5-7-9-21/h5-15,18,29H,4,16-17H2,1-3H3. The van der Waals surface area contributed by atoms with Crippen molar-refractivity contribution < 1.29 is 14.3 Å². The fraction of sp³-hybridized carbons (Fsp3) is 0.214. The smallest absolute Gasteiger partial charge is 0.278 e. The normalized spacial score (nSPS) is 13.6. The topological polar surface area (TPSA) is 58.6 Å². The van der Waals surface area contributed by atoms with Gasteiger partial charge in [0, 0.05) is 12.2 Å². The second kappa shape index (κ2) is 9.74. The van der Waals surface area contributed by atoms with Crippen molar-refractivity contribution >= 4 is 23.1 Å². The van der Waals surface area contributed by atoms with Gasteiger partial charge in [-0.05, 0) is 67.6 Å². The number of nitrogens with one attached hydrogen (secondary N) is 1. The average molecular weight is 441 g/mol. The highest BCUT2D eigenvalue weighted by Crippen LogP contribution is 2.32. The summed E-state index contributed by atoms with van der Waals surface area (Å²) in [5, 5.41) is 3.28. The van der Waals surface area contributed by atoms with Crippen molar-refractivity contribution in [3.8, 4) is 5.75 Å². The third kappa shape index (κ3) is 4.82. The monoisotopic (exact) mass is 440 g/mol. The van der Waals surface area contributed by atoms with Gasteiger partial charge in [0.15, 0.2) is 0 Å². The van der Waals surface area contributed by atoms with Crippen LogP contribution >= 0.6 is 0 Å². The Bertz CT molecular complexity index is 1200. The van der Waals surface area contributed by atoms with Crippen LogP contribution < -0.4 is 10.1 Å². The lowest BCUT2D eigenvalue weighted by atomic mass is 10.0. The maximum atomic E-state index is 13.5. The molecule has 0 aliphatic carbocycles. The number of hydrogen-bond donors (Lipinski definition) is 1. The quantitative estimate of drug-likeness (QED) is 0.493. The van der Waals surface area contributed by atoms with Crippen LogP contribution in [-0.4, -0.2) is 29.9 Å². The molecule has 1 aliphatic heterocycles. The Labute approximate surface area is 194 Å². The SMILES string of the molecule is CCOc1ccc(C2=C(Nc3cc(C)ccc3C)C(=O)N(CCc3ccccc3)C2=O)cc1. The molecule has 0 fully saturated rings. The third-order valence-corrected chi connectivity index (χ3v) is 5.74. The summed E-state index contributed by atoms with van der Waals surface area (Å²) < 4.78 is 5.54. The van der Waals surface area contributed by atoms with E-state index in [2.05, 4.69) is 5.32 Å². The van der Waals surface area contributed by atoms with Crippen LogP contribution in [0, 0.1) is 13.8 Å². The maximum Gasteiger partial charge on any atom is 0.278 e. The highest BCUT2D eigenvalue weighted by atomic mass is 16.5. The molecule has 0 atom stereocenters. The van der Waals surface area contributed by atoms with Crippen LogP contribution in [0.4, 0.5) is 5.69 Å².